The van der Waals surface area contributed by atoms with E-state index in [2.05, 4.69) is 0 Å². The van der Waals surface area contributed by atoms with Crippen LogP contribution in [0.15, 0.2) is 18.2 Å². The number of hydrogen-bond acceptors (Lipinski definition) is 5. The van der Waals surface area contributed by atoms with E-state index in [1.807, 2.05) is 0 Å². The van der Waals surface area contributed by atoms with Gasteiger partial charge in [0.2, 0.25) is 0 Å². The van der Waals surface area contributed by atoms with Crippen LogP contribution in [-0.4, -0.2) is 34.1 Å². The molecule has 5 nitrogen and oxygen atoms in total. The molecule has 2 N–H and O–H groups in total. The lowest BCUT2D eigenvalue weighted by molar-refractivity contribution is 0.310. The zero-order valence-electron chi connectivity index (χ0n) is 12.6. The van der Waals surface area contributed by atoms with Gasteiger partial charge >= 0.3 is 0 Å². The largest absolute Gasteiger partial charge is 0.493 e. The molecular weight excluding hydrogens is 254 g/mol. The number of rotatable bonds is 6. The molecule has 0 aromatic heterocycles. The quantitative estimate of drug-likeness (QED) is 0.842. The number of sulfone groups is 1. The van der Waals surface area contributed by atoms with Crippen molar-refractivity contribution < 1.29 is 20.6 Å². The molecule has 0 saturated carbocycles. The van der Waals surface area contributed by atoms with Gasteiger partial charge in [0.1, 0.15) is 9.84 Å². The summed E-state index contributed by atoms with van der Waals surface area (Å²) in [6.45, 7) is 2.19. The zero-order valence-corrected chi connectivity index (χ0v) is 11.5. The fourth-order valence-corrected chi connectivity index (χ4v) is 2.05. The first-order chi connectivity index (χ1) is 9.15. The summed E-state index contributed by atoms with van der Waals surface area (Å²) in [7, 11) is -2.47. The summed E-state index contributed by atoms with van der Waals surface area (Å²) < 4.78 is 48.8. The summed E-state index contributed by atoms with van der Waals surface area (Å²) >= 11 is 0. The molecular formula is C12H19NO4S. The van der Waals surface area contributed by atoms with Crippen LogP contribution in [0.5, 0.6) is 11.5 Å². The molecule has 102 valence electrons. The maximum absolute atomic E-state index is 11.5. The van der Waals surface area contributed by atoms with Gasteiger partial charge in [0.05, 0.1) is 19.4 Å². The van der Waals surface area contributed by atoms with E-state index in [0.29, 0.717) is 23.7 Å². The monoisotopic (exact) mass is 275 g/mol. The van der Waals surface area contributed by atoms with Crippen LogP contribution in [0.4, 0.5) is 0 Å². The molecule has 1 atom stereocenters. The van der Waals surface area contributed by atoms with Crippen molar-refractivity contribution in [2.75, 3.05) is 25.7 Å². The third-order valence-electron chi connectivity index (χ3n) is 2.19. The van der Waals surface area contributed by atoms with Crippen molar-refractivity contribution in [2.24, 2.45) is 5.73 Å². The van der Waals surface area contributed by atoms with Crippen LogP contribution in [0, 0.1) is 0 Å². The van der Waals surface area contributed by atoms with Crippen LogP contribution in [-0.2, 0) is 9.84 Å². The fraction of sp³-hybridized carbons (Fsp3) is 0.500. The minimum Gasteiger partial charge on any atom is -0.493 e. The lowest BCUT2D eigenvalue weighted by Crippen LogP contribution is -2.20. The van der Waals surface area contributed by atoms with Crippen LogP contribution in [0.3, 0.4) is 0 Å². The molecule has 0 spiro atoms. The van der Waals surface area contributed by atoms with E-state index >= 15 is 0 Å². The zero-order chi connectivity index (χ0) is 15.6. The molecule has 0 unspecified atom stereocenters. The van der Waals surface area contributed by atoms with Gasteiger partial charge in [-0.05, 0) is 24.6 Å². The topological polar surface area (TPSA) is 78.6 Å². The van der Waals surface area contributed by atoms with Crippen molar-refractivity contribution in [2.45, 2.75) is 13.0 Å². The van der Waals surface area contributed by atoms with Crippen LogP contribution >= 0.6 is 0 Å². The average molecular weight is 275 g/mol. The first kappa shape index (κ1) is 11.8. The van der Waals surface area contributed by atoms with E-state index in [1.54, 1.807) is 13.0 Å². The van der Waals surface area contributed by atoms with E-state index in [1.165, 1.54) is 19.2 Å². The smallest absolute Gasteiger partial charge is 0.161 e. The Morgan fingerprint density at radius 2 is 2.11 bits per heavy atom. The van der Waals surface area contributed by atoms with Crippen molar-refractivity contribution >= 4 is 9.84 Å². The van der Waals surface area contributed by atoms with Gasteiger partial charge in [-0.15, -0.1) is 0 Å². The number of nitrogens with two attached hydrogens (primary N) is 1. The molecule has 0 aliphatic rings. The Kier molecular flexibility index (Phi) is 3.97. The minimum atomic E-state index is -3.95. The van der Waals surface area contributed by atoms with Crippen LogP contribution in [0.1, 0.15) is 21.3 Å². The summed E-state index contributed by atoms with van der Waals surface area (Å²) in [5.41, 5.74) is 3.52. The van der Waals surface area contributed by atoms with Gasteiger partial charge in [-0.2, -0.15) is 0 Å². The average Bonchev–Trinajstić information content (AvgIpc) is 2.36. The van der Waals surface area contributed by atoms with Crippen molar-refractivity contribution in [1.29, 1.82) is 0 Å². The van der Waals surface area contributed by atoms with Crippen LogP contribution in [0.2, 0.25) is 0 Å². The highest BCUT2D eigenvalue weighted by Crippen LogP contribution is 2.30. The predicted octanol–water partition coefficient (Wildman–Crippen LogP) is 1.14. The molecule has 0 heterocycles. The molecule has 0 aliphatic heterocycles. The lowest BCUT2D eigenvalue weighted by Gasteiger charge is -2.15. The third kappa shape index (κ3) is 4.19. The highest BCUT2D eigenvalue weighted by molar-refractivity contribution is 7.90. The molecule has 1 aromatic carbocycles. The molecule has 0 saturated heterocycles. The van der Waals surface area contributed by atoms with Gasteiger partial charge in [-0.25, -0.2) is 8.42 Å². The Bertz CT molecular complexity index is 575. The predicted molar refractivity (Wildman–Crippen MR) is 70.8 cm³/mol. The molecule has 0 bridgehead atoms. The summed E-state index contributed by atoms with van der Waals surface area (Å²) in [6.07, 6.45) is 0.819. The van der Waals surface area contributed by atoms with E-state index in [4.69, 9.17) is 17.9 Å². The number of hydrogen-bond donors (Lipinski definition) is 1. The Morgan fingerprint density at radius 3 is 2.61 bits per heavy atom. The summed E-state index contributed by atoms with van der Waals surface area (Å²) in [5.74, 6) is 0.870. The van der Waals surface area contributed by atoms with Crippen molar-refractivity contribution in [3.63, 3.8) is 0 Å². The van der Waals surface area contributed by atoms with Gasteiger partial charge in [0.15, 0.2) is 11.5 Å². The molecule has 0 fully saturated rings. The maximum atomic E-state index is 11.5. The van der Waals surface area contributed by atoms with Crippen molar-refractivity contribution in [3.8, 4) is 11.5 Å². The van der Waals surface area contributed by atoms with E-state index in [0.717, 1.165) is 6.26 Å². The Morgan fingerprint density at radius 1 is 1.44 bits per heavy atom. The second kappa shape index (κ2) is 6.06. The molecule has 6 heteroatoms. The highest BCUT2D eigenvalue weighted by Gasteiger charge is 2.15. The van der Waals surface area contributed by atoms with Gasteiger partial charge in [-0.3, -0.25) is 0 Å². The van der Waals surface area contributed by atoms with Crippen molar-refractivity contribution in [3.05, 3.63) is 23.8 Å². The standard InChI is InChI=1S/C12H19NO4S/c1-4-17-12-7-9(5-6-11(12)16-2)10(13)8-18(3,14)15/h5-7,10H,4,8,13H2,1-3H3/t10-/m1/s1/i8D2. The second-order valence-electron chi connectivity index (χ2n) is 3.71. The Balaban J connectivity index is 3.24. The third-order valence-corrected chi connectivity index (χ3v) is 2.87. The molecule has 18 heavy (non-hydrogen) atoms. The normalized spacial score (nSPS) is 15.6. The fourth-order valence-electron chi connectivity index (χ4n) is 1.45. The maximum Gasteiger partial charge on any atom is 0.161 e. The van der Waals surface area contributed by atoms with E-state index in [-0.39, 0.29) is 0 Å². The Labute approximate surface area is 111 Å². The molecule has 0 amide bonds. The molecule has 1 rings (SSSR count). The van der Waals surface area contributed by atoms with Gasteiger partial charge < -0.3 is 15.2 Å². The summed E-state index contributed by atoms with van der Waals surface area (Å²) in [4.78, 5) is 0. The van der Waals surface area contributed by atoms with Gasteiger partial charge in [0, 0.05) is 15.0 Å². The minimum absolute atomic E-state index is 0.324. The molecule has 0 radical (unpaired) electrons. The second-order valence-corrected chi connectivity index (χ2v) is 5.49. The van der Waals surface area contributed by atoms with Crippen LogP contribution < -0.4 is 15.2 Å². The summed E-state index contributed by atoms with van der Waals surface area (Å²) in [6, 6.07) is 3.27. The number of ether oxygens (including phenoxy) is 2. The van der Waals surface area contributed by atoms with Gasteiger partial charge in [0.25, 0.3) is 0 Å². The van der Waals surface area contributed by atoms with E-state index < -0.39 is 21.6 Å². The first-order valence-electron chi connectivity index (χ1n) is 6.41. The Hall–Kier alpha value is -1.27. The lowest BCUT2D eigenvalue weighted by atomic mass is 10.1. The SMILES string of the molecule is [2H]C([2H])([C@@H](N)c1ccc(OC)c(OCC)c1)S(C)(=O)=O. The van der Waals surface area contributed by atoms with Crippen LogP contribution in [0.25, 0.3) is 0 Å². The van der Waals surface area contributed by atoms with Crippen molar-refractivity contribution in [1.82, 2.24) is 0 Å². The molecule has 0 aliphatic carbocycles. The number of benzene rings is 1. The van der Waals surface area contributed by atoms with Gasteiger partial charge in [-0.1, -0.05) is 6.07 Å². The van der Waals surface area contributed by atoms with E-state index in [9.17, 15) is 8.42 Å². The molecule has 1 aromatic rings. The number of methoxy groups -OCH3 is 1. The highest BCUT2D eigenvalue weighted by atomic mass is 32.2. The first-order valence-corrected chi connectivity index (χ1v) is 7.30. The summed E-state index contributed by atoms with van der Waals surface area (Å²) in [5, 5.41) is 0.